The number of ether oxygens (including phenoxy) is 1. The molecular formula is C17H20N2O2. The molecule has 1 unspecified atom stereocenters. The van der Waals surface area contributed by atoms with Crippen LogP contribution < -0.4 is 5.32 Å². The lowest BCUT2D eigenvalue weighted by Crippen LogP contribution is -2.32. The summed E-state index contributed by atoms with van der Waals surface area (Å²) in [6.45, 7) is 5.29. The summed E-state index contributed by atoms with van der Waals surface area (Å²) in [6.07, 6.45) is 2.26. The van der Waals surface area contributed by atoms with Crippen molar-refractivity contribution in [3.63, 3.8) is 0 Å². The Balaban J connectivity index is 1.81. The third-order valence-electron chi connectivity index (χ3n) is 3.92. The van der Waals surface area contributed by atoms with Crippen molar-refractivity contribution in [2.45, 2.75) is 32.8 Å². The molecule has 1 aromatic carbocycles. The highest BCUT2D eigenvalue weighted by atomic mass is 16.5. The average Bonchev–Trinajstić information content (AvgIpc) is 2.98. The number of pyridine rings is 1. The van der Waals surface area contributed by atoms with E-state index < -0.39 is 0 Å². The zero-order valence-electron chi connectivity index (χ0n) is 12.5. The Bertz CT molecular complexity index is 676. The van der Waals surface area contributed by atoms with Crippen LogP contribution in [0.2, 0.25) is 0 Å². The van der Waals surface area contributed by atoms with E-state index in [-0.39, 0.29) is 12.0 Å². The minimum Gasteiger partial charge on any atom is -0.376 e. The molecule has 0 spiro atoms. The van der Waals surface area contributed by atoms with Gasteiger partial charge in [0.05, 0.1) is 22.9 Å². The zero-order valence-corrected chi connectivity index (χ0v) is 12.5. The van der Waals surface area contributed by atoms with Crippen LogP contribution in [-0.2, 0) is 4.74 Å². The molecule has 1 aliphatic rings. The number of nitrogens with zero attached hydrogens (tertiary/aromatic N) is 1. The van der Waals surface area contributed by atoms with Crippen molar-refractivity contribution in [3.8, 4) is 0 Å². The van der Waals surface area contributed by atoms with Crippen molar-refractivity contribution in [1.29, 1.82) is 0 Å². The first-order valence-electron chi connectivity index (χ1n) is 7.41. The largest absolute Gasteiger partial charge is 0.376 e. The number of hydrogen-bond donors (Lipinski definition) is 1. The fourth-order valence-corrected chi connectivity index (χ4v) is 2.73. The topological polar surface area (TPSA) is 51.2 Å². The quantitative estimate of drug-likeness (QED) is 0.943. The van der Waals surface area contributed by atoms with Crippen LogP contribution in [0.25, 0.3) is 10.9 Å². The molecule has 1 N–H and O–H groups in total. The van der Waals surface area contributed by atoms with Crippen molar-refractivity contribution in [2.75, 3.05) is 13.2 Å². The number of carbonyl (C=O) groups is 1. The Hall–Kier alpha value is -1.94. The van der Waals surface area contributed by atoms with Crippen molar-refractivity contribution in [2.24, 2.45) is 0 Å². The molecule has 1 saturated heterocycles. The molecule has 2 heterocycles. The number of aryl methyl sites for hydroxylation is 2. The summed E-state index contributed by atoms with van der Waals surface area (Å²) in [5.41, 5.74) is 3.50. The summed E-state index contributed by atoms with van der Waals surface area (Å²) in [7, 11) is 0. The average molecular weight is 284 g/mol. The molecular weight excluding hydrogens is 264 g/mol. The van der Waals surface area contributed by atoms with Crippen LogP contribution in [-0.4, -0.2) is 30.1 Å². The number of carbonyl (C=O) groups excluding carboxylic acids is 1. The predicted octanol–water partition coefficient (Wildman–Crippen LogP) is 2.76. The molecule has 21 heavy (non-hydrogen) atoms. The molecule has 0 radical (unpaired) electrons. The third kappa shape index (κ3) is 3.05. The Morgan fingerprint density at radius 1 is 1.38 bits per heavy atom. The summed E-state index contributed by atoms with van der Waals surface area (Å²) >= 11 is 0. The molecule has 1 aliphatic heterocycles. The highest BCUT2D eigenvalue weighted by Crippen LogP contribution is 2.18. The van der Waals surface area contributed by atoms with E-state index in [0.717, 1.165) is 36.0 Å². The van der Waals surface area contributed by atoms with Gasteiger partial charge in [-0.3, -0.25) is 9.78 Å². The second-order valence-electron chi connectivity index (χ2n) is 5.66. The SMILES string of the molecule is Cc1ccc2nc(C)c(C(=O)NCC3CCCO3)cc2c1. The van der Waals surface area contributed by atoms with Crippen molar-refractivity contribution < 1.29 is 9.53 Å². The van der Waals surface area contributed by atoms with Gasteiger partial charge in [-0.15, -0.1) is 0 Å². The maximum atomic E-state index is 12.3. The van der Waals surface area contributed by atoms with Crippen LogP contribution in [0.4, 0.5) is 0 Å². The number of amides is 1. The van der Waals surface area contributed by atoms with Crippen molar-refractivity contribution >= 4 is 16.8 Å². The highest BCUT2D eigenvalue weighted by molar-refractivity contribution is 5.98. The Labute approximate surface area is 124 Å². The van der Waals surface area contributed by atoms with Crippen LogP contribution >= 0.6 is 0 Å². The summed E-state index contributed by atoms with van der Waals surface area (Å²) in [5, 5.41) is 3.96. The normalized spacial score (nSPS) is 18.1. The van der Waals surface area contributed by atoms with Crippen LogP contribution in [0.3, 0.4) is 0 Å². The van der Waals surface area contributed by atoms with Crippen LogP contribution in [0.5, 0.6) is 0 Å². The van der Waals surface area contributed by atoms with E-state index in [1.807, 2.05) is 32.0 Å². The van der Waals surface area contributed by atoms with E-state index in [1.54, 1.807) is 0 Å². The molecule has 0 aliphatic carbocycles. The summed E-state index contributed by atoms with van der Waals surface area (Å²) in [5.74, 6) is -0.0705. The molecule has 1 fully saturated rings. The fraction of sp³-hybridized carbons (Fsp3) is 0.412. The van der Waals surface area contributed by atoms with Gasteiger partial charge in [0.15, 0.2) is 0 Å². The Morgan fingerprint density at radius 2 is 2.24 bits per heavy atom. The smallest absolute Gasteiger partial charge is 0.253 e. The summed E-state index contributed by atoms with van der Waals surface area (Å²) in [4.78, 5) is 16.9. The van der Waals surface area contributed by atoms with E-state index in [2.05, 4.69) is 16.4 Å². The number of nitrogens with one attached hydrogen (secondary N) is 1. The standard InChI is InChI=1S/C17H20N2O2/c1-11-5-6-16-13(8-11)9-15(12(2)19-16)17(20)18-10-14-4-3-7-21-14/h5-6,8-9,14H,3-4,7,10H2,1-2H3,(H,18,20). The lowest BCUT2D eigenvalue weighted by Gasteiger charge is -2.12. The number of rotatable bonds is 3. The van der Waals surface area contributed by atoms with Gasteiger partial charge in [0.25, 0.3) is 5.91 Å². The van der Waals surface area contributed by atoms with Gasteiger partial charge in [0.2, 0.25) is 0 Å². The van der Waals surface area contributed by atoms with Crippen LogP contribution in [0, 0.1) is 13.8 Å². The van der Waals surface area contributed by atoms with E-state index in [1.165, 1.54) is 5.56 Å². The second-order valence-corrected chi connectivity index (χ2v) is 5.66. The number of hydrogen-bond acceptors (Lipinski definition) is 3. The van der Waals surface area contributed by atoms with E-state index in [4.69, 9.17) is 4.74 Å². The lowest BCUT2D eigenvalue weighted by atomic mass is 10.1. The molecule has 0 bridgehead atoms. The summed E-state index contributed by atoms with van der Waals surface area (Å²) in [6, 6.07) is 8.01. The zero-order chi connectivity index (χ0) is 14.8. The maximum Gasteiger partial charge on any atom is 0.253 e. The lowest BCUT2D eigenvalue weighted by molar-refractivity contribution is 0.0857. The van der Waals surface area contributed by atoms with Gasteiger partial charge in [-0.25, -0.2) is 0 Å². The molecule has 1 amide bonds. The van der Waals surface area contributed by atoms with Gasteiger partial charge in [-0.05, 0) is 44.9 Å². The molecule has 0 saturated carbocycles. The van der Waals surface area contributed by atoms with Gasteiger partial charge in [0.1, 0.15) is 0 Å². The van der Waals surface area contributed by atoms with Crippen LogP contribution in [0.1, 0.15) is 34.5 Å². The number of aromatic nitrogens is 1. The molecule has 1 atom stereocenters. The molecule has 3 rings (SSSR count). The third-order valence-corrected chi connectivity index (χ3v) is 3.92. The predicted molar refractivity (Wildman–Crippen MR) is 82.5 cm³/mol. The first-order chi connectivity index (χ1) is 10.1. The van der Waals surface area contributed by atoms with Gasteiger partial charge in [-0.1, -0.05) is 11.6 Å². The number of fused-ring (bicyclic) bond motifs is 1. The summed E-state index contributed by atoms with van der Waals surface area (Å²) < 4.78 is 5.53. The Kier molecular flexibility index (Phi) is 3.88. The second kappa shape index (κ2) is 5.82. The van der Waals surface area contributed by atoms with Crippen molar-refractivity contribution in [3.05, 3.63) is 41.1 Å². The molecule has 110 valence electrons. The van der Waals surface area contributed by atoms with E-state index in [0.29, 0.717) is 12.1 Å². The molecule has 4 heteroatoms. The Morgan fingerprint density at radius 3 is 3.00 bits per heavy atom. The fourth-order valence-electron chi connectivity index (χ4n) is 2.73. The molecule has 4 nitrogen and oxygen atoms in total. The highest BCUT2D eigenvalue weighted by Gasteiger charge is 2.18. The van der Waals surface area contributed by atoms with Gasteiger partial charge >= 0.3 is 0 Å². The van der Waals surface area contributed by atoms with Crippen molar-refractivity contribution in [1.82, 2.24) is 10.3 Å². The molecule has 1 aromatic heterocycles. The van der Waals surface area contributed by atoms with Crippen LogP contribution in [0.15, 0.2) is 24.3 Å². The number of benzene rings is 1. The van der Waals surface area contributed by atoms with E-state index >= 15 is 0 Å². The first-order valence-corrected chi connectivity index (χ1v) is 7.41. The minimum atomic E-state index is -0.0705. The monoisotopic (exact) mass is 284 g/mol. The maximum absolute atomic E-state index is 12.3. The minimum absolute atomic E-state index is 0.0705. The van der Waals surface area contributed by atoms with Gasteiger partial charge in [0, 0.05) is 18.5 Å². The molecule has 2 aromatic rings. The first kappa shape index (κ1) is 14.0. The van der Waals surface area contributed by atoms with E-state index in [9.17, 15) is 4.79 Å². The van der Waals surface area contributed by atoms with Gasteiger partial charge in [-0.2, -0.15) is 0 Å². The van der Waals surface area contributed by atoms with Gasteiger partial charge < -0.3 is 10.1 Å².